The molecule has 1 rings (SSSR count). The van der Waals surface area contributed by atoms with Crippen LogP contribution in [-0.2, 0) is 4.79 Å². The van der Waals surface area contributed by atoms with Gasteiger partial charge in [0.2, 0.25) is 6.29 Å². The van der Waals surface area contributed by atoms with Crippen molar-refractivity contribution in [2.45, 2.75) is 0 Å². The van der Waals surface area contributed by atoms with Crippen LogP contribution in [-0.4, -0.2) is 6.29 Å². The molecule has 1 radical (unpaired) electrons. The number of hydrogen-bond donors (Lipinski definition) is 0. The minimum atomic E-state index is -0.995. The van der Waals surface area contributed by atoms with Crippen LogP contribution in [0.15, 0.2) is 12.1 Å². The van der Waals surface area contributed by atoms with E-state index in [0.717, 1.165) is 18.4 Å². The Bertz CT molecular complexity index is 275. The van der Waals surface area contributed by atoms with Gasteiger partial charge in [0.05, 0.1) is 5.56 Å². The fraction of sp³-hybridized carbons (Fsp3) is 0. The average Bonchev–Trinajstić information content (AvgIpc) is 1.85. The topological polar surface area (TPSA) is 17.1 Å². The van der Waals surface area contributed by atoms with Crippen molar-refractivity contribution in [2.24, 2.45) is 0 Å². The molecule has 1 nitrogen and oxygen atoms in total. The maximum absolute atomic E-state index is 12.5. The maximum atomic E-state index is 12.5. The molecule has 0 amide bonds. The van der Waals surface area contributed by atoms with Crippen LogP contribution < -0.4 is 0 Å². The molecule has 0 aliphatic rings. The smallest absolute Gasteiger partial charge is 0.239 e. The summed E-state index contributed by atoms with van der Waals surface area (Å²) in [7, 11) is 0. The zero-order valence-corrected chi connectivity index (χ0v) is 5.95. The minimum Gasteiger partial charge on any atom is -0.285 e. The number of rotatable bonds is 1. The van der Waals surface area contributed by atoms with Crippen molar-refractivity contribution in [1.29, 1.82) is 0 Å². The summed E-state index contributed by atoms with van der Waals surface area (Å²) in [4.78, 5) is 9.91. The third-order valence-corrected chi connectivity index (χ3v) is 1.33. The van der Waals surface area contributed by atoms with Crippen molar-refractivity contribution in [3.63, 3.8) is 0 Å². The Hall–Kier alpha value is -0.960. The molecule has 0 aliphatic carbocycles. The predicted octanol–water partition coefficient (Wildman–Crippen LogP) is 2.08. The summed E-state index contributed by atoms with van der Waals surface area (Å²) in [6.45, 7) is 0. The van der Waals surface area contributed by atoms with Crippen LogP contribution in [0.3, 0.4) is 0 Å². The number of benzene rings is 1. The fourth-order valence-electron chi connectivity index (χ4n) is 0.640. The highest BCUT2D eigenvalue weighted by Gasteiger charge is 2.09. The first-order chi connectivity index (χ1) is 5.15. The van der Waals surface area contributed by atoms with E-state index in [1.807, 2.05) is 0 Å². The van der Waals surface area contributed by atoms with Crippen LogP contribution in [0.4, 0.5) is 8.78 Å². The summed E-state index contributed by atoms with van der Waals surface area (Å²) in [5, 5.41) is -0.0843. The van der Waals surface area contributed by atoms with Crippen LogP contribution in [0.5, 0.6) is 0 Å². The molecule has 0 N–H and O–H groups in total. The molecule has 0 spiro atoms. The fourth-order valence-corrected chi connectivity index (χ4v) is 0.831. The van der Waals surface area contributed by atoms with E-state index < -0.39 is 17.2 Å². The standard InChI is InChI=1S/C7H2ClF2O/c8-4-1-6(9)5(3-11)7(10)2-4/h1-2H. The van der Waals surface area contributed by atoms with E-state index in [1.54, 1.807) is 0 Å². The Labute approximate surface area is 66.6 Å². The molecule has 0 aromatic heterocycles. The van der Waals surface area contributed by atoms with Gasteiger partial charge in [-0.15, -0.1) is 0 Å². The van der Waals surface area contributed by atoms with Crippen molar-refractivity contribution in [3.8, 4) is 0 Å². The Balaban J connectivity index is 3.36. The van der Waals surface area contributed by atoms with Crippen LogP contribution in [0, 0.1) is 11.6 Å². The molecule has 4 heteroatoms. The summed E-state index contributed by atoms with van der Waals surface area (Å²) in [5.74, 6) is -1.99. The normalized spacial score (nSPS) is 9.73. The Morgan fingerprint density at radius 2 is 1.73 bits per heavy atom. The molecule has 0 aliphatic heterocycles. The van der Waals surface area contributed by atoms with Gasteiger partial charge in [-0.1, -0.05) is 11.6 Å². The molecule has 0 heterocycles. The van der Waals surface area contributed by atoms with Gasteiger partial charge < -0.3 is 0 Å². The summed E-state index contributed by atoms with van der Waals surface area (Å²) >= 11 is 5.27. The molecule has 0 fully saturated rings. The van der Waals surface area contributed by atoms with Gasteiger partial charge in [-0.05, 0) is 12.1 Å². The van der Waals surface area contributed by atoms with E-state index in [4.69, 9.17) is 11.6 Å². The van der Waals surface area contributed by atoms with E-state index in [2.05, 4.69) is 0 Å². The summed E-state index contributed by atoms with van der Waals surface area (Å²) < 4.78 is 25.0. The van der Waals surface area contributed by atoms with Gasteiger partial charge in [0.1, 0.15) is 11.6 Å². The summed E-state index contributed by atoms with van der Waals surface area (Å²) in [6, 6.07) is 1.70. The number of halogens is 3. The Morgan fingerprint density at radius 3 is 2.09 bits per heavy atom. The van der Waals surface area contributed by atoms with Crippen LogP contribution in [0.25, 0.3) is 0 Å². The predicted molar refractivity (Wildman–Crippen MR) is 36.2 cm³/mol. The highest BCUT2D eigenvalue weighted by Crippen LogP contribution is 2.16. The highest BCUT2D eigenvalue weighted by molar-refractivity contribution is 6.30. The lowest BCUT2D eigenvalue weighted by molar-refractivity contribution is 0.542. The second-order valence-corrected chi connectivity index (χ2v) is 2.28. The average molecular weight is 176 g/mol. The van der Waals surface area contributed by atoms with Gasteiger partial charge in [0, 0.05) is 5.02 Å². The summed E-state index contributed by atoms with van der Waals surface area (Å²) in [5.41, 5.74) is -0.714. The molecule has 1 aromatic rings. The van der Waals surface area contributed by atoms with Crippen molar-refractivity contribution < 1.29 is 13.6 Å². The largest absolute Gasteiger partial charge is 0.285 e. The zero-order valence-electron chi connectivity index (χ0n) is 5.20. The summed E-state index contributed by atoms with van der Waals surface area (Å²) in [6.07, 6.45) is 1.13. The second kappa shape index (κ2) is 2.96. The van der Waals surface area contributed by atoms with E-state index in [9.17, 15) is 13.6 Å². The molecular weight excluding hydrogens is 174 g/mol. The molecule has 0 saturated carbocycles. The molecule has 0 atom stereocenters. The van der Waals surface area contributed by atoms with E-state index in [0.29, 0.717) is 0 Å². The van der Waals surface area contributed by atoms with Crippen molar-refractivity contribution in [3.05, 3.63) is 34.4 Å². The van der Waals surface area contributed by atoms with Crippen LogP contribution >= 0.6 is 11.6 Å². The second-order valence-electron chi connectivity index (χ2n) is 1.85. The maximum Gasteiger partial charge on any atom is 0.239 e. The first kappa shape index (κ1) is 8.14. The number of hydrogen-bond acceptors (Lipinski definition) is 1. The van der Waals surface area contributed by atoms with Crippen molar-refractivity contribution in [1.82, 2.24) is 0 Å². The van der Waals surface area contributed by atoms with Crippen LogP contribution in [0.2, 0.25) is 5.02 Å². The molecule has 1 aromatic carbocycles. The SMILES string of the molecule is O=[C]c1c(F)cc(Cl)cc1F. The quantitative estimate of drug-likeness (QED) is 0.639. The molecule has 0 saturated heterocycles. The zero-order chi connectivity index (χ0) is 8.43. The van der Waals surface area contributed by atoms with Crippen molar-refractivity contribution >= 4 is 17.9 Å². The minimum absolute atomic E-state index is 0.0843. The first-order valence-electron chi connectivity index (χ1n) is 2.68. The number of carbonyl (C=O) groups excluding carboxylic acids is 1. The van der Waals surface area contributed by atoms with Gasteiger partial charge in [0.25, 0.3) is 0 Å². The molecule has 0 bridgehead atoms. The van der Waals surface area contributed by atoms with E-state index in [1.165, 1.54) is 0 Å². The molecule has 11 heavy (non-hydrogen) atoms. The van der Waals surface area contributed by atoms with Gasteiger partial charge in [-0.3, -0.25) is 4.79 Å². The first-order valence-corrected chi connectivity index (χ1v) is 3.05. The van der Waals surface area contributed by atoms with Crippen molar-refractivity contribution in [2.75, 3.05) is 0 Å². The molecular formula is C7H2ClF2O. The monoisotopic (exact) mass is 175 g/mol. The van der Waals surface area contributed by atoms with Crippen LogP contribution in [0.1, 0.15) is 5.56 Å². The molecule has 0 unspecified atom stereocenters. The van der Waals surface area contributed by atoms with Gasteiger partial charge in [-0.2, -0.15) is 0 Å². The lowest BCUT2D eigenvalue weighted by atomic mass is 10.2. The highest BCUT2D eigenvalue weighted by atomic mass is 35.5. The lowest BCUT2D eigenvalue weighted by Gasteiger charge is -1.95. The Kier molecular flexibility index (Phi) is 2.19. The Morgan fingerprint density at radius 1 is 1.27 bits per heavy atom. The van der Waals surface area contributed by atoms with Gasteiger partial charge >= 0.3 is 0 Å². The van der Waals surface area contributed by atoms with E-state index in [-0.39, 0.29) is 5.02 Å². The lowest BCUT2D eigenvalue weighted by Crippen LogP contribution is -1.92. The van der Waals surface area contributed by atoms with E-state index >= 15 is 0 Å². The van der Waals surface area contributed by atoms with Gasteiger partial charge in [-0.25, -0.2) is 8.78 Å². The third kappa shape index (κ3) is 1.54. The third-order valence-electron chi connectivity index (χ3n) is 1.11. The van der Waals surface area contributed by atoms with Gasteiger partial charge in [0.15, 0.2) is 0 Å². The molecule has 57 valence electrons.